The average molecular weight is 443 g/mol. The lowest BCUT2D eigenvalue weighted by Gasteiger charge is -2.19. The predicted octanol–water partition coefficient (Wildman–Crippen LogP) is 4.25. The molecule has 0 radical (unpaired) electrons. The number of nitrogens with one attached hydrogen (secondary N) is 1. The van der Waals surface area contributed by atoms with Crippen LogP contribution in [0.1, 0.15) is 30.2 Å². The third kappa shape index (κ3) is 6.91. The standard InChI is InChI=1S/C18H25N3S.HI/c1-14(2)17(15-7-4-3-5-8-15)13-21-18(19)20-11-10-16-9-6-12-22-16;/h3-9,12,14,17H,10-11,13H2,1-2H3,(H3,19,20,21);1H. The molecule has 2 aromatic rings. The molecule has 0 saturated carbocycles. The number of nitrogens with two attached hydrogens (primary N) is 1. The molecule has 0 fully saturated rings. The quantitative estimate of drug-likeness (QED) is 0.382. The molecule has 1 heterocycles. The van der Waals surface area contributed by atoms with E-state index in [1.165, 1.54) is 10.4 Å². The number of rotatable bonds is 7. The fourth-order valence-corrected chi connectivity index (χ4v) is 3.13. The van der Waals surface area contributed by atoms with E-state index in [0.717, 1.165) is 19.5 Å². The molecule has 0 saturated heterocycles. The molecule has 1 atom stereocenters. The van der Waals surface area contributed by atoms with E-state index in [4.69, 9.17) is 5.73 Å². The fraction of sp³-hybridized carbons (Fsp3) is 0.389. The molecule has 3 nitrogen and oxygen atoms in total. The summed E-state index contributed by atoms with van der Waals surface area (Å²) in [5.41, 5.74) is 7.31. The van der Waals surface area contributed by atoms with Crippen LogP contribution >= 0.6 is 35.3 Å². The van der Waals surface area contributed by atoms with Crippen LogP contribution in [0.2, 0.25) is 0 Å². The summed E-state index contributed by atoms with van der Waals surface area (Å²) in [4.78, 5) is 5.89. The number of thiophene rings is 1. The SMILES string of the molecule is CC(C)C(CN=C(N)NCCc1cccs1)c1ccccc1.I. The summed E-state index contributed by atoms with van der Waals surface area (Å²) in [6.07, 6.45) is 0.986. The second-order valence-electron chi connectivity index (χ2n) is 5.74. The highest BCUT2D eigenvalue weighted by molar-refractivity contribution is 14.0. The summed E-state index contributed by atoms with van der Waals surface area (Å²) in [5.74, 6) is 1.47. The van der Waals surface area contributed by atoms with Gasteiger partial charge in [0.2, 0.25) is 0 Å². The lowest BCUT2D eigenvalue weighted by molar-refractivity contribution is 0.506. The average Bonchev–Trinajstić information content (AvgIpc) is 3.01. The van der Waals surface area contributed by atoms with Gasteiger partial charge >= 0.3 is 0 Å². The molecular weight excluding hydrogens is 417 g/mol. The van der Waals surface area contributed by atoms with E-state index in [1.54, 1.807) is 11.3 Å². The Bertz CT molecular complexity index is 567. The van der Waals surface area contributed by atoms with Crippen molar-refractivity contribution in [1.82, 2.24) is 5.32 Å². The van der Waals surface area contributed by atoms with E-state index in [9.17, 15) is 0 Å². The van der Waals surface area contributed by atoms with Crippen molar-refractivity contribution in [2.24, 2.45) is 16.6 Å². The minimum Gasteiger partial charge on any atom is -0.370 e. The molecule has 0 aliphatic rings. The molecule has 23 heavy (non-hydrogen) atoms. The molecule has 126 valence electrons. The number of nitrogens with zero attached hydrogens (tertiary/aromatic N) is 1. The first-order valence-corrected chi connectivity index (χ1v) is 8.66. The molecule has 0 spiro atoms. The monoisotopic (exact) mass is 443 g/mol. The highest BCUT2D eigenvalue weighted by Gasteiger charge is 2.15. The van der Waals surface area contributed by atoms with E-state index >= 15 is 0 Å². The summed E-state index contributed by atoms with van der Waals surface area (Å²) < 4.78 is 0. The van der Waals surface area contributed by atoms with Crippen LogP contribution in [-0.2, 0) is 6.42 Å². The van der Waals surface area contributed by atoms with Gasteiger partial charge in [-0.1, -0.05) is 50.2 Å². The van der Waals surface area contributed by atoms with Crippen LogP contribution in [0.4, 0.5) is 0 Å². The van der Waals surface area contributed by atoms with Gasteiger partial charge in [0.1, 0.15) is 0 Å². The minimum absolute atomic E-state index is 0. The Hall–Kier alpha value is -1.08. The van der Waals surface area contributed by atoms with E-state index in [2.05, 4.69) is 65.9 Å². The van der Waals surface area contributed by atoms with Crippen molar-refractivity contribution in [3.05, 3.63) is 58.3 Å². The van der Waals surface area contributed by atoms with Crippen molar-refractivity contribution in [2.75, 3.05) is 13.1 Å². The van der Waals surface area contributed by atoms with Gasteiger partial charge in [0.25, 0.3) is 0 Å². The molecule has 0 aliphatic heterocycles. The van der Waals surface area contributed by atoms with Crippen LogP contribution in [0, 0.1) is 5.92 Å². The highest BCUT2D eigenvalue weighted by Crippen LogP contribution is 2.24. The summed E-state index contributed by atoms with van der Waals surface area (Å²) in [5, 5.41) is 5.30. The lowest BCUT2D eigenvalue weighted by Crippen LogP contribution is -2.33. The third-order valence-corrected chi connectivity index (χ3v) is 4.68. The van der Waals surface area contributed by atoms with E-state index in [-0.39, 0.29) is 24.0 Å². The van der Waals surface area contributed by atoms with Crippen LogP contribution in [0.25, 0.3) is 0 Å². The molecule has 0 amide bonds. The van der Waals surface area contributed by atoms with Gasteiger partial charge in [-0.15, -0.1) is 35.3 Å². The zero-order valence-electron chi connectivity index (χ0n) is 13.7. The zero-order valence-corrected chi connectivity index (χ0v) is 16.9. The molecule has 3 N–H and O–H groups in total. The third-order valence-electron chi connectivity index (χ3n) is 3.75. The summed E-state index contributed by atoms with van der Waals surface area (Å²) >= 11 is 1.77. The molecule has 0 aliphatic carbocycles. The van der Waals surface area contributed by atoms with Gasteiger partial charge in [0, 0.05) is 23.9 Å². The van der Waals surface area contributed by atoms with Gasteiger partial charge in [-0.3, -0.25) is 4.99 Å². The number of guanidine groups is 1. The second kappa shape index (κ2) is 10.6. The maximum Gasteiger partial charge on any atom is 0.188 e. The highest BCUT2D eigenvalue weighted by atomic mass is 127. The molecule has 5 heteroatoms. The van der Waals surface area contributed by atoms with E-state index < -0.39 is 0 Å². The Balaban J connectivity index is 0.00000264. The first kappa shape index (κ1) is 20.0. The minimum atomic E-state index is 0. The number of benzene rings is 1. The van der Waals surface area contributed by atoms with Crippen LogP contribution in [-0.4, -0.2) is 19.0 Å². The normalized spacial score (nSPS) is 12.7. The predicted molar refractivity (Wildman–Crippen MR) is 112 cm³/mol. The van der Waals surface area contributed by atoms with Crippen LogP contribution in [0.3, 0.4) is 0 Å². The largest absolute Gasteiger partial charge is 0.370 e. The van der Waals surface area contributed by atoms with Crippen molar-refractivity contribution in [3.63, 3.8) is 0 Å². The molecular formula is C18H26IN3S. The van der Waals surface area contributed by atoms with E-state index in [1.807, 2.05) is 6.07 Å². The van der Waals surface area contributed by atoms with Crippen molar-refractivity contribution in [1.29, 1.82) is 0 Å². The molecule has 0 bridgehead atoms. The molecule has 1 aromatic carbocycles. The Morgan fingerprint density at radius 1 is 1.17 bits per heavy atom. The Labute approximate surface area is 160 Å². The first-order valence-electron chi connectivity index (χ1n) is 7.78. The molecule has 2 rings (SSSR count). The van der Waals surface area contributed by atoms with Crippen LogP contribution < -0.4 is 11.1 Å². The Morgan fingerprint density at radius 3 is 2.52 bits per heavy atom. The van der Waals surface area contributed by atoms with Crippen molar-refractivity contribution in [3.8, 4) is 0 Å². The van der Waals surface area contributed by atoms with Gasteiger partial charge in [0.05, 0.1) is 0 Å². The molecule has 1 unspecified atom stereocenters. The Kier molecular flexibility index (Phi) is 9.24. The van der Waals surface area contributed by atoms with Crippen molar-refractivity contribution in [2.45, 2.75) is 26.2 Å². The van der Waals surface area contributed by atoms with Crippen molar-refractivity contribution < 1.29 is 0 Å². The number of hydrogen-bond donors (Lipinski definition) is 2. The lowest BCUT2D eigenvalue weighted by atomic mass is 9.88. The topological polar surface area (TPSA) is 50.4 Å². The van der Waals surface area contributed by atoms with Gasteiger partial charge < -0.3 is 11.1 Å². The second-order valence-corrected chi connectivity index (χ2v) is 6.78. The summed E-state index contributed by atoms with van der Waals surface area (Å²) in [6, 6.07) is 14.8. The van der Waals surface area contributed by atoms with Crippen LogP contribution in [0.5, 0.6) is 0 Å². The summed E-state index contributed by atoms with van der Waals surface area (Å²) in [7, 11) is 0. The number of aliphatic imine (C=N–C) groups is 1. The van der Waals surface area contributed by atoms with Gasteiger partial charge in [-0.25, -0.2) is 0 Å². The molecule has 1 aromatic heterocycles. The number of halogens is 1. The zero-order chi connectivity index (χ0) is 15.8. The number of hydrogen-bond acceptors (Lipinski definition) is 2. The van der Waals surface area contributed by atoms with Gasteiger partial charge in [-0.2, -0.15) is 0 Å². The van der Waals surface area contributed by atoms with Crippen LogP contribution in [0.15, 0.2) is 52.8 Å². The van der Waals surface area contributed by atoms with Crippen molar-refractivity contribution >= 4 is 41.3 Å². The fourth-order valence-electron chi connectivity index (χ4n) is 2.42. The smallest absolute Gasteiger partial charge is 0.188 e. The maximum absolute atomic E-state index is 5.98. The van der Waals surface area contributed by atoms with Gasteiger partial charge in [0.15, 0.2) is 5.96 Å². The maximum atomic E-state index is 5.98. The van der Waals surface area contributed by atoms with Gasteiger partial charge in [-0.05, 0) is 29.3 Å². The summed E-state index contributed by atoms with van der Waals surface area (Å²) in [6.45, 7) is 6.01. The first-order chi connectivity index (χ1) is 10.7. The Morgan fingerprint density at radius 2 is 1.91 bits per heavy atom. The van der Waals surface area contributed by atoms with E-state index in [0.29, 0.717) is 17.8 Å².